The highest BCUT2D eigenvalue weighted by Gasteiger charge is 2.30. The third-order valence-corrected chi connectivity index (χ3v) is 3.24. The Bertz CT molecular complexity index is 415. The number of methoxy groups -OCH3 is 1. The zero-order valence-electron chi connectivity index (χ0n) is 11.0. The van der Waals surface area contributed by atoms with Gasteiger partial charge in [0.15, 0.2) is 0 Å². The normalized spacial score (nSPS) is 14.2. The molecule has 0 aromatic heterocycles. The largest absolute Gasteiger partial charge is 0.469 e. The van der Waals surface area contributed by atoms with E-state index in [1.807, 2.05) is 19.9 Å². The maximum atomic E-state index is 11.5. The summed E-state index contributed by atoms with van der Waals surface area (Å²) in [6.45, 7) is 6.53. The minimum absolute atomic E-state index is 0.224. The van der Waals surface area contributed by atoms with Crippen molar-refractivity contribution in [1.29, 1.82) is 0 Å². The van der Waals surface area contributed by atoms with Crippen molar-refractivity contribution in [2.45, 2.75) is 32.6 Å². The Labute approximate surface area is 103 Å². The maximum Gasteiger partial charge on any atom is 0.306 e. The van der Waals surface area contributed by atoms with Gasteiger partial charge in [-0.1, -0.05) is 30.7 Å². The predicted octanol–water partition coefficient (Wildman–Crippen LogP) is 2.08. The molecule has 0 fully saturated rings. The van der Waals surface area contributed by atoms with Gasteiger partial charge in [0.1, 0.15) is 0 Å². The molecule has 94 valence electrons. The summed E-state index contributed by atoms with van der Waals surface area (Å²) in [5.41, 5.74) is 8.99. The lowest BCUT2D eigenvalue weighted by molar-refractivity contribution is -0.141. The first kappa shape index (κ1) is 13.7. The molecule has 0 saturated carbocycles. The highest BCUT2D eigenvalue weighted by Crippen LogP contribution is 2.30. The number of hydrogen-bond acceptors (Lipinski definition) is 3. The molecule has 0 aliphatic carbocycles. The molecule has 0 bridgehead atoms. The first-order valence-electron chi connectivity index (χ1n) is 5.77. The van der Waals surface area contributed by atoms with E-state index >= 15 is 0 Å². The summed E-state index contributed by atoms with van der Waals surface area (Å²) >= 11 is 0. The van der Waals surface area contributed by atoms with Crippen molar-refractivity contribution < 1.29 is 9.53 Å². The van der Waals surface area contributed by atoms with Crippen LogP contribution in [0.2, 0.25) is 0 Å². The minimum atomic E-state index is -0.356. The maximum absolute atomic E-state index is 11.5. The molecule has 0 radical (unpaired) electrons. The van der Waals surface area contributed by atoms with E-state index in [0.29, 0.717) is 13.0 Å². The number of esters is 1. The molecule has 0 aliphatic heterocycles. The molecule has 1 unspecified atom stereocenters. The highest BCUT2D eigenvalue weighted by atomic mass is 16.5. The summed E-state index contributed by atoms with van der Waals surface area (Å²) in [6.07, 6.45) is 0.309. The molecule has 17 heavy (non-hydrogen) atoms. The van der Waals surface area contributed by atoms with Crippen molar-refractivity contribution in [2.24, 2.45) is 5.73 Å². The van der Waals surface area contributed by atoms with E-state index in [2.05, 4.69) is 19.1 Å². The third kappa shape index (κ3) is 3.07. The van der Waals surface area contributed by atoms with E-state index in [9.17, 15) is 4.79 Å². The number of benzene rings is 1. The zero-order valence-corrected chi connectivity index (χ0v) is 11.0. The fraction of sp³-hybridized carbons (Fsp3) is 0.500. The predicted molar refractivity (Wildman–Crippen MR) is 69.0 cm³/mol. The molecular weight excluding hydrogens is 214 g/mol. The van der Waals surface area contributed by atoms with Crippen LogP contribution in [0.1, 0.15) is 30.0 Å². The van der Waals surface area contributed by atoms with Gasteiger partial charge in [-0.25, -0.2) is 0 Å². The van der Waals surface area contributed by atoms with Crippen molar-refractivity contribution in [3.63, 3.8) is 0 Å². The number of carbonyl (C=O) groups is 1. The van der Waals surface area contributed by atoms with Gasteiger partial charge in [-0.05, 0) is 25.0 Å². The number of rotatable bonds is 4. The number of nitrogens with two attached hydrogens (primary N) is 1. The molecule has 3 heteroatoms. The summed E-state index contributed by atoms with van der Waals surface area (Å²) in [4.78, 5) is 11.5. The van der Waals surface area contributed by atoms with Crippen molar-refractivity contribution in [2.75, 3.05) is 13.7 Å². The Morgan fingerprint density at radius 3 is 2.53 bits per heavy atom. The van der Waals surface area contributed by atoms with E-state index in [0.717, 1.165) is 5.56 Å². The minimum Gasteiger partial charge on any atom is -0.469 e. The van der Waals surface area contributed by atoms with Gasteiger partial charge in [0.2, 0.25) is 0 Å². The van der Waals surface area contributed by atoms with Crippen LogP contribution in [0.4, 0.5) is 0 Å². The number of aryl methyl sites for hydroxylation is 2. The van der Waals surface area contributed by atoms with Gasteiger partial charge in [0, 0.05) is 12.0 Å². The van der Waals surface area contributed by atoms with Crippen molar-refractivity contribution in [3.8, 4) is 0 Å². The molecule has 2 N–H and O–H groups in total. The molecule has 1 aromatic rings. The van der Waals surface area contributed by atoms with Gasteiger partial charge in [0.25, 0.3) is 0 Å². The number of carbonyl (C=O) groups excluding carboxylic acids is 1. The summed E-state index contributed by atoms with van der Waals surface area (Å²) < 4.78 is 4.74. The fourth-order valence-corrected chi connectivity index (χ4v) is 2.16. The summed E-state index contributed by atoms with van der Waals surface area (Å²) in [5.74, 6) is -0.224. The van der Waals surface area contributed by atoms with Gasteiger partial charge < -0.3 is 10.5 Å². The van der Waals surface area contributed by atoms with Gasteiger partial charge in [0.05, 0.1) is 13.5 Å². The first-order chi connectivity index (χ1) is 7.92. The molecule has 1 rings (SSSR count). The second kappa shape index (κ2) is 5.32. The van der Waals surface area contributed by atoms with Crippen LogP contribution in [-0.4, -0.2) is 19.6 Å². The van der Waals surface area contributed by atoms with Crippen LogP contribution in [0.3, 0.4) is 0 Å². The SMILES string of the molecule is COC(=O)CC(C)(CN)c1ccc(C)cc1C. The molecule has 1 aromatic carbocycles. The van der Waals surface area contributed by atoms with Crippen LogP contribution in [0, 0.1) is 13.8 Å². The van der Waals surface area contributed by atoms with Crippen molar-refractivity contribution in [1.82, 2.24) is 0 Å². The van der Waals surface area contributed by atoms with Crippen LogP contribution in [0.25, 0.3) is 0 Å². The third-order valence-electron chi connectivity index (χ3n) is 3.24. The Morgan fingerprint density at radius 2 is 2.06 bits per heavy atom. The molecular formula is C14H21NO2. The van der Waals surface area contributed by atoms with Crippen LogP contribution in [-0.2, 0) is 14.9 Å². The van der Waals surface area contributed by atoms with Crippen LogP contribution >= 0.6 is 0 Å². The van der Waals surface area contributed by atoms with Crippen LogP contribution < -0.4 is 5.73 Å². The molecule has 0 saturated heterocycles. The smallest absolute Gasteiger partial charge is 0.306 e. The molecule has 0 spiro atoms. The summed E-state index contributed by atoms with van der Waals surface area (Å²) in [5, 5.41) is 0. The number of hydrogen-bond donors (Lipinski definition) is 1. The summed E-state index contributed by atoms with van der Waals surface area (Å²) in [7, 11) is 1.40. The van der Waals surface area contributed by atoms with Gasteiger partial charge in [-0.15, -0.1) is 0 Å². The van der Waals surface area contributed by atoms with E-state index in [4.69, 9.17) is 10.5 Å². The lowest BCUT2D eigenvalue weighted by Crippen LogP contribution is -2.35. The fourth-order valence-electron chi connectivity index (χ4n) is 2.16. The highest BCUT2D eigenvalue weighted by molar-refractivity contribution is 5.71. The average molecular weight is 235 g/mol. The van der Waals surface area contributed by atoms with E-state index in [-0.39, 0.29) is 11.4 Å². The quantitative estimate of drug-likeness (QED) is 0.813. The Morgan fingerprint density at radius 1 is 1.41 bits per heavy atom. The Balaban J connectivity index is 3.11. The molecule has 0 heterocycles. The van der Waals surface area contributed by atoms with Gasteiger partial charge >= 0.3 is 5.97 Å². The Kier molecular flexibility index (Phi) is 4.29. The average Bonchev–Trinajstić information content (AvgIpc) is 2.28. The standard InChI is InChI=1S/C14H21NO2/c1-10-5-6-12(11(2)7-10)14(3,9-15)8-13(16)17-4/h5-7H,8-9,15H2,1-4H3. The molecule has 0 amide bonds. The molecule has 0 aliphatic rings. The molecule has 3 nitrogen and oxygen atoms in total. The van der Waals surface area contributed by atoms with Gasteiger partial charge in [-0.3, -0.25) is 4.79 Å². The second-order valence-electron chi connectivity index (χ2n) is 4.84. The topological polar surface area (TPSA) is 52.3 Å². The monoisotopic (exact) mass is 235 g/mol. The van der Waals surface area contributed by atoms with Crippen LogP contribution in [0.15, 0.2) is 18.2 Å². The van der Waals surface area contributed by atoms with E-state index in [1.165, 1.54) is 18.2 Å². The molecule has 1 atom stereocenters. The first-order valence-corrected chi connectivity index (χ1v) is 5.77. The lowest BCUT2D eigenvalue weighted by atomic mass is 9.77. The van der Waals surface area contributed by atoms with Crippen molar-refractivity contribution in [3.05, 3.63) is 34.9 Å². The van der Waals surface area contributed by atoms with Crippen LogP contribution in [0.5, 0.6) is 0 Å². The number of ether oxygens (including phenoxy) is 1. The summed E-state index contributed by atoms with van der Waals surface area (Å²) in [6, 6.07) is 6.22. The Hall–Kier alpha value is -1.35. The van der Waals surface area contributed by atoms with Crippen molar-refractivity contribution >= 4 is 5.97 Å². The lowest BCUT2D eigenvalue weighted by Gasteiger charge is -2.29. The van der Waals surface area contributed by atoms with E-state index in [1.54, 1.807) is 0 Å². The second-order valence-corrected chi connectivity index (χ2v) is 4.84. The van der Waals surface area contributed by atoms with E-state index < -0.39 is 0 Å². The van der Waals surface area contributed by atoms with Gasteiger partial charge in [-0.2, -0.15) is 0 Å². The zero-order chi connectivity index (χ0) is 13.1.